The molecule has 2 atom stereocenters. The second-order valence-electron chi connectivity index (χ2n) is 6.18. The van der Waals surface area contributed by atoms with Crippen molar-refractivity contribution in [1.29, 1.82) is 0 Å². The highest BCUT2D eigenvalue weighted by Crippen LogP contribution is 2.46. The minimum absolute atomic E-state index is 0.0101. The summed E-state index contributed by atoms with van der Waals surface area (Å²) in [6.45, 7) is 0.249. The van der Waals surface area contributed by atoms with Crippen molar-refractivity contribution in [3.05, 3.63) is 69.1 Å². The molecule has 3 aromatic rings. The van der Waals surface area contributed by atoms with Crippen LogP contribution >= 0.6 is 39.5 Å². The highest BCUT2D eigenvalue weighted by molar-refractivity contribution is 9.11. The number of fused-ring (bicyclic) bond motifs is 1. The fourth-order valence-corrected chi connectivity index (χ4v) is 5.34. The highest BCUT2D eigenvalue weighted by atomic mass is 79.9. The van der Waals surface area contributed by atoms with E-state index in [-0.39, 0.29) is 18.9 Å². The Balaban J connectivity index is 1.61. The molecule has 8 heteroatoms. The Kier molecular flexibility index (Phi) is 4.26. The summed E-state index contributed by atoms with van der Waals surface area (Å²) in [6.07, 6.45) is 1.81. The number of anilines is 1. The van der Waals surface area contributed by atoms with Crippen LogP contribution in [-0.4, -0.2) is 16.9 Å². The number of halogens is 1. The van der Waals surface area contributed by atoms with Crippen molar-refractivity contribution in [3.8, 4) is 11.5 Å². The Morgan fingerprint density at radius 1 is 1.15 bits per heavy atom. The summed E-state index contributed by atoms with van der Waals surface area (Å²) in [7, 11) is 0. The molecule has 5 nitrogen and oxygen atoms in total. The summed E-state index contributed by atoms with van der Waals surface area (Å²) in [4.78, 5) is 7.89. The number of thiocarbonyl (C=S) groups is 1. The zero-order chi connectivity index (χ0) is 18.4. The molecular weight excluding hydrogens is 446 g/mol. The standard InChI is InChI=1S/C19H14BrN3O2S2/c20-16-7-6-15(27-16)18-17(12-3-1-2-8-21-12)22-19(26)23(18)11-4-5-13-14(9-11)25-10-24-13/h1-9,17-18H,10H2,(H,22,26)/t17-,18-/m1/s1. The monoisotopic (exact) mass is 459 g/mol. The van der Waals surface area contributed by atoms with Crippen LogP contribution in [0.25, 0.3) is 0 Å². The fourth-order valence-electron chi connectivity index (χ4n) is 3.44. The molecule has 1 fully saturated rings. The van der Waals surface area contributed by atoms with Gasteiger partial charge in [-0.15, -0.1) is 11.3 Å². The molecule has 136 valence electrons. The SMILES string of the molecule is S=C1N[C@H](c2ccccn2)[C@@H](c2ccc(Br)s2)N1c1ccc2c(c1)OCO2. The van der Waals surface area contributed by atoms with Crippen LogP contribution in [0.1, 0.15) is 22.7 Å². The van der Waals surface area contributed by atoms with Crippen molar-refractivity contribution in [2.24, 2.45) is 0 Å². The van der Waals surface area contributed by atoms with Crippen LogP contribution in [0.4, 0.5) is 5.69 Å². The predicted molar refractivity (Wildman–Crippen MR) is 113 cm³/mol. The summed E-state index contributed by atoms with van der Waals surface area (Å²) in [5, 5.41) is 4.12. The van der Waals surface area contributed by atoms with Gasteiger partial charge >= 0.3 is 0 Å². The molecule has 0 unspecified atom stereocenters. The molecular formula is C19H14BrN3O2S2. The summed E-state index contributed by atoms with van der Waals surface area (Å²) >= 11 is 11.0. The van der Waals surface area contributed by atoms with Crippen LogP contribution in [-0.2, 0) is 0 Å². The minimum Gasteiger partial charge on any atom is -0.454 e. The molecule has 0 saturated carbocycles. The number of nitrogens with one attached hydrogen (secondary N) is 1. The molecule has 0 aliphatic carbocycles. The molecule has 1 aromatic carbocycles. The van der Waals surface area contributed by atoms with Crippen LogP contribution in [0.2, 0.25) is 0 Å². The lowest BCUT2D eigenvalue weighted by Crippen LogP contribution is -2.29. The van der Waals surface area contributed by atoms with Crippen LogP contribution in [0.5, 0.6) is 11.5 Å². The van der Waals surface area contributed by atoms with Gasteiger partial charge in [0.25, 0.3) is 0 Å². The molecule has 5 rings (SSSR count). The number of rotatable bonds is 3. The van der Waals surface area contributed by atoms with Gasteiger partial charge in [-0.1, -0.05) is 6.07 Å². The lowest BCUT2D eigenvalue weighted by Gasteiger charge is -2.27. The smallest absolute Gasteiger partial charge is 0.231 e. The largest absolute Gasteiger partial charge is 0.454 e. The number of ether oxygens (including phenoxy) is 2. The number of aromatic nitrogens is 1. The first-order chi connectivity index (χ1) is 13.2. The van der Waals surface area contributed by atoms with E-state index in [9.17, 15) is 0 Å². The third kappa shape index (κ3) is 2.97. The lowest BCUT2D eigenvalue weighted by atomic mass is 10.0. The average molecular weight is 460 g/mol. The van der Waals surface area contributed by atoms with Crippen LogP contribution < -0.4 is 19.7 Å². The van der Waals surface area contributed by atoms with Gasteiger partial charge in [-0.2, -0.15) is 0 Å². The van der Waals surface area contributed by atoms with Crippen LogP contribution in [0.15, 0.2) is 58.5 Å². The normalized spacial score (nSPS) is 20.8. The maximum atomic E-state index is 5.72. The zero-order valence-corrected chi connectivity index (χ0v) is 17.2. The van der Waals surface area contributed by atoms with E-state index in [4.69, 9.17) is 21.7 Å². The van der Waals surface area contributed by atoms with E-state index in [2.05, 4.69) is 43.3 Å². The van der Waals surface area contributed by atoms with E-state index in [1.807, 2.05) is 42.6 Å². The molecule has 0 bridgehead atoms. The highest BCUT2D eigenvalue weighted by Gasteiger charge is 2.41. The van der Waals surface area contributed by atoms with Gasteiger partial charge in [0.05, 0.1) is 21.6 Å². The van der Waals surface area contributed by atoms with Gasteiger partial charge in [0.15, 0.2) is 16.6 Å². The topological polar surface area (TPSA) is 46.6 Å². The number of hydrogen-bond donors (Lipinski definition) is 1. The van der Waals surface area contributed by atoms with Gasteiger partial charge < -0.3 is 19.7 Å². The zero-order valence-electron chi connectivity index (χ0n) is 14.0. The maximum absolute atomic E-state index is 5.72. The fraction of sp³-hybridized carbons (Fsp3) is 0.158. The number of thiophene rings is 1. The van der Waals surface area contributed by atoms with E-state index in [1.165, 1.54) is 4.88 Å². The molecule has 1 saturated heterocycles. The van der Waals surface area contributed by atoms with Gasteiger partial charge in [-0.3, -0.25) is 4.98 Å². The van der Waals surface area contributed by atoms with Gasteiger partial charge in [0.1, 0.15) is 0 Å². The van der Waals surface area contributed by atoms with E-state index in [0.717, 1.165) is 26.7 Å². The summed E-state index contributed by atoms with van der Waals surface area (Å²) < 4.78 is 12.1. The van der Waals surface area contributed by atoms with E-state index in [0.29, 0.717) is 5.11 Å². The van der Waals surface area contributed by atoms with Crippen molar-refractivity contribution in [3.63, 3.8) is 0 Å². The van der Waals surface area contributed by atoms with E-state index in [1.54, 1.807) is 11.3 Å². The summed E-state index contributed by atoms with van der Waals surface area (Å²) in [6, 6.07) is 16.0. The molecule has 2 aromatic heterocycles. The Hall–Kier alpha value is -2.16. The van der Waals surface area contributed by atoms with Crippen molar-refractivity contribution < 1.29 is 9.47 Å². The molecule has 2 aliphatic rings. The average Bonchev–Trinajstić information content (AvgIpc) is 3.39. The van der Waals surface area contributed by atoms with Crippen molar-refractivity contribution >= 4 is 50.3 Å². The quantitative estimate of drug-likeness (QED) is 0.566. The van der Waals surface area contributed by atoms with Crippen molar-refractivity contribution in [1.82, 2.24) is 10.3 Å². The number of hydrogen-bond acceptors (Lipinski definition) is 5. The third-order valence-corrected chi connectivity index (χ3v) is 6.63. The number of pyridine rings is 1. The molecule has 1 N–H and O–H groups in total. The predicted octanol–water partition coefficient (Wildman–Crippen LogP) is 4.81. The van der Waals surface area contributed by atoms with Gasteiger partial charge in [-0.05, 0) is 64.5 Å². The Morgan fingerprint density at radius 2 is 2.04 bits per heavy atom. The Labute approximate surface area is 174 Å². The van der Waals surface area contributed by atoms with E-state index < -0.39 is 0 Å². The summed E-state index contributed by atoms with van der Waals surface area (Å²) in [5.74, 6) is 1.50. The first-order valence-electron chi connectivity index (χ1n) is 8.36. The number of benzene rings is 1. The molecule has 2 aliphatic heterocycles. The molecule has 0 radical (unpaired) electrons. The van der Waals surface area contributed by atoms with Crippen molar-refractivity contribution in [2.45, 2.75) is 12.1 Å². The van der Waals surface area contributed by atoms with E-state index >= 15 is 0 Å². The second-order valence-corrected chi connectivity index (χ2v) is 9.06. The molecule has 0 spiro atoms. The van der Waals surface area contributed by atoms with Gasteiger partial charge in [-0.25, -0.2) is 0 Å². The van der Waals surface area contributed by atoms with Crippen LogP contribution in [0, 0.1) is 0 Å². The third-order valence-electron chi connectivity index (χ3n) is 4.62. The molecule has 0 amide bonds. The lowest BCUT2D eigenvalue weighted by molar-refractivity contribution is 0.174. The Morgan fingerprint density at radius 3 is 2.81 bits per heavy atom. The van der Waals surface area contributed by atoms with Gasteiger partial charge in [0.2, 0.25) is 6.79 Å². The minimum atomic E-state index is -0.0466. The number of nitrogens with zero attached hydrogens (tertiary/aromatic N) is 2. The molecule has 27 heavy (non-hydrogen) atoms. The second kappa shape index (κ2) is 6.78. The molecule has 4 heterocycles. The van der Waals surface area contributed by atoms with Gasteiger partial charge in [0, 0.05) is 22.8 Å². The summed E-state index contributed by atoms with van der Waals surface area (Å²) in [5.41, 5.74) is 1.92. The Bertz CT molecular complexity index is 1010. The first-order valence-corrected chi connectivity index (χ1v) is 10.4. The van der Waals surface area contributed by atoms with Crippen LogP contribution in [0.3, 0.4) is 0 Å². The van der Waals surface area contributed by atoms with Crippen molar-refractivity contribution in [2.75, 3.05) is 11.7 Å². The maximum Gasteiger partial charge on any atom is 0.231 e. The first kappa shape index (κ1) is 17.0.